The highest BCUT2D eigenvalue weighted by molar-refractivity contribution is 5.85. The summed E-state index contributed by atoms with van der Waals surface area (Å²) in [5.41, 5.74) is 9.05. The number of nitrogens with one attached hydrogen (secondary N) is 2. The van der Waals surface area contributed by atoms with E-state index in [1.54, 1.807) is 4.90 Å². The largest absolute Gasteiger partial charge is 0.358 e. The van der Waals surface area contributed by atoms with Crippen molar-refractivity contribution in [3.8, 4) is 0 Å². The predicted molar refractivity (Wildman–Crippen MR) is 145 cm³/mol. The van der Waals surface area contributed by atoms with Crippen LogP contribution in [0.15, 0.2) is 36.5 Å². The van der Waals surface area contributed by atoms with Crippen LogP contribution in [0, 0.1) is 11.3 Å². The number of amides is 2. The van der Waals surface area contributed by atoms with Crippen molar-refractivity contribution in [1.29, 1.82) is 5.41 Å². The zero-order valence-corrected chi connectivity index (χ0v) is 21.5. The van der Waals surface area contributed by atoms with E-state index < -0.39 is 6.03 Å². The van der Waals surface area contributed by atoms with E-state index in [9.17, 15) is 4.79 Å². The van der Waals surface area contributed by atoms with Gasteiger partial charge in [-0.05, 0) is 49.8 Å². The number of rotatable bonds is 9. The maximum atomic E-state index is 11.6. The van der Waals surface area contributed by atoms with Crippen molar-refractivity contribution in [2.75, 3.05) is 36.4 Å². The van der Waals surface area contributed by atoms with Gasteiger partial charge < -0.3 is 31.6 Å². The summed E-state index contributed by atoms with van der Waals surface area (Å²) in [5.74, 6) is 1.81. The van der Waals surface area contributed by atoms with Crippen LogP contribution < -0.4 is 21.3 Å². The molecule has 0 unspecified atom stereocenters. The highest BCUT2D eigenvalue weighted by Gasteiger charge is 2.35. The number of piperazine rings is 1. The normalized spacial score (nSPS) is 17.5. The van der Waals surface area contributed by atoms with Crippen LogP contribution in [0.3, 0.4) is 0 Å². The first-order valence-electron chi connectivity index (χ1n) is 13.1. The summed E-state index contributed by atoms with van der Waals surface area (Å²) < 4.78 is 0. The van der Waals surface area contributed by atoms with Gasteiger partial charge in [-0.15, -0.1) is 0 Å². The van der Waals surface area contributed by atoms with E-state index in [1.807, 2.05) is 24.4 Å². The molecule has 2 atom stereocenters. The first-order chi connectivity index (χ1) is 18.0. The Labute approximate surface area is 217 Å². The number of pyridine rings is 1. The van der Waals surface area contributed by atoms with E-state index in [1.165, 1.54) is 6.21 Å². The maximum Gasteiger partial charge on any atom is 0.314 e. The molecular formula is C27H36N9O+. The van der Waals surface area contributed by atoms with Crippen LogP contribution in [-0.2, 0) is 0 Å². The van der Waals surface area contributed by atoms with Crippen LogP contribution in [0.25, 0.3) is 10.9 Å². The number of anilines is 2. The molecule has 0 bridgehead atoms. The summed E-state index contributed by atoms with van der Waals surface area (Å²) in [6.45, 7) is 6.55. The Morgan fingerprint density at radius 3 is 2.68 bits per heavy atom. The smallest absolute Gasteiger partial charge is 0.314 e. The SMILES string of the molecule is CC[C@@H](C)[NH2+]c1c(C=N)nc(N2CCN(C(N)=O)CC2)nc1N[C@@H](c1cnc2ccccc2c1)C1CC1. The number of nitrogens with zero attached hydrogens (tertiary/aromatic N) is 5. The molecule has 10 heteroatoms. The third-order valence-corrected chi connectivity index (χ3v) is 7.43. The van der Waals surface area contributed by atoms with Crippen molar-refractivity contribution < 1.29 is 10.1 Å². The minimum Gasteiger partial charge on any atom is -0.358 e. The number of urea groups is 1. The monoisotopic (exact) mass is 502 g/mol. The predicted octanol–water partition coefficient (Wildman–Crippen LogP) is 2.78. The fourth-order valence-corrected chi connectivity index (χ4v) is 4.84. The van der Waals surface area contributed by atoms with Crippen LogP contribution in [0.4, 0.5) is 22.2 Å². The third kappa shape index (κ3) is 5.48. The molecule has 2 fully saturated rings. The molecule has 194 valence electrons. The number of hydrogen-bond acceptors (Lipinski definition) is 7. The number of quaternary nitrogens is 1. The van der Waals surface area contributed by atoms with E-state index in [-0.39, 0.29) is 6.04 Å². The molecule has 6 N–H and O–H groups in total. The summed E-state index contributed by atoms with van der Waals surface area (Å²) >= 11 is 0. The number of para-hydroxylation sites is 1. The minimum absolute atomic E-state index is 0.0641. The number of aromatic nitrogens is 3. The van der Waals surface area contributed by atoms with Crippen LogP contribution in [0.1, 0.15) is 50.4 Å². The lowest BCUT2D eigenvalue weighted by molar-refractivity contribution is -0.607. The van der Waals surface area contributed by atoms with Crippen LogP contribution >= 0.6 is 0 Å². The molecule has 1 saturated carbocycles. The number of carbonyl (C=O) groups excluding carboxylic acids is 1. The lowest BCUT2D eigenvalue weighted by atomic mass is 10.0. The Morgan fingerprint density at radius 2 is 2.00 bits per heavy atom. The van der Waals surface area contributed by atoms with Crippen molar-refractivity contribution in [2.45, 2.75) is 45.2 Å². The Kier molecular flexibility index (Phi) is 7.18. The number of primary amides is 1. The number of fused-ring (bicyclic) bond motifs is 1. The Morgan fingerprint density at radius 1 is 1.24 bits per heavy atom. The average Bonchev–Trinajstić information content (AvgIpc) is 3.77. The second-order valence-electron chi connectivity index (χ2n) is 10.1. The van der Waals surface area contributed by atoms with Crippen molar-refractivity contribution in [2.24, 2.45) is 11.7 Å². The average molecular weight is 503 g/mol. The molecule has 3 aromatic rings. The number of hydrogen-bond donors (Lipinski definition) is 4. The van der Waals surface area contributed by atoms with Gasteiger partial charge in [-0.25, -0.2) is 9.78 Å². The number of nitrogens with two attached hydrogens (primary N) is 2. The number of carbonyl (C=O) groups is 1. The number of benzene rings is 1. The third-order valence-electron chi connectivity index (χ3n) is 7.43. The van der Waals surface area contributed by atoms with Crippen molar-refractivity contribution in [3.05, 3.63) is 47.8 Å². The fraction of sp³-hybridized carbons (Fsp3) is 0.444. The highest BCUT2D eigenvalue weighted by atomic mass is 16.2. The lowest BCUT2D eigenvalue weighted by Gasteiger charge is -2.34. The zero-order valence-electron chi connectivity index (χ0n) is 21.5. The van der Waals surface area contributed by atoms with Gasteiger partial charge in [0.1, 0.15) is 5.69 Å². The topological polar surface area (TPSA) is 141 Å². The molecule has 1 saturated heterocycles. The molecule has 3 heterocycles. The Hall–Kier alpha value is -3.79. The van der Waals surface area contributed by atoms with Crippen molar-refractivity contribution >= 4 is 40.6 Å². The van der Waals surface area contributed by atoms with Crippen molar-refractivity contribution in [1.82, 2.24) is 19.9 Å². The van der Waals surface area contributed by atoms with Gasteiger partial charge in [0.25, 0.3) is 0 Å². The second-order valence-corrected chi connectivity index (χ2v) is 10.1. The van der Waals surface area contributed by atoms with E-state index >= 15 is 0 Å². The molecule has 37 heavy (non-hydrogen) atoms. The molecule has 0 spiro atoms. The van der Waals surface area contributed by atoms with Gasteiger partial charge in [-0.1, -0.05) is 25.1 Å². The van der Waals surface area contributed by atoms with Gasteiger partial charge in [0, 0.05) is 44.0 Å². The Balaban J connectivity index is 1.51. The maximum absolute atomic E-state index is 11.6. The van der Waals surface area contributed by atoms with Gasteiger partial charge in [-0.3, -0.25) is 4.98 Å². The molecule has 2 amide bonds. The van der Waals surface area contributed by atoms with Crippen LogP contribution in [0.5, 0.6) is 0 Å². The molecular weight excluding hydrogens is 466 g/mol. The van der Waals surface area contributed by atoms with Crippen molar-refractivity contribution in [3.63, 3.8) is 0 Å². The van der Waals surface area contributed by atoms with E-state index in [0.29, 0.717) is 49.8 Å². The molecule has 2 aliphatic rings. The fourth-order valence-electron chi connectivity index (χ4n) is 4.84. The molecule has 5 rings (SSSR count). The van der Waals surface area contributed by atoms with Gasteiger partial charge in [0.05, 0.1) is 17.6 Å². The summed E-state index contributed by atoms with van der Waals surface area (Å²) in [5, 5.41) is 15.2. The quantitative estimate of drug-likeness (QED) is 0.332. The second kappa shape index (κ2) is 10.7. The van der Waals surface area contributed by atoms with E-state index in [0.717, 1.165) is 47.2 Å². The molecule has 10 nitrogen and oxygen atoms in total. The van der Waals surface area contributed by atoms with Crippen LogP contribution in [0.2, 0.25) is 0 Å². The molecule has 1 aromatic carbocycles. The summed E-state index contributed by atoms with van der Waals surface area (Å²) in [4.78, 5) is 29.8. The van der Waals surface area contributed by atoms with Gasteiger partial charge in [-0.2, -0.15) is 4.98 Å². The lowest BCUT2D eigenvalue weighted by Crippen LogP contribution is -2.84. The highest BCUT2D eigenvalue weighted by Crippen LogP contribution is 2.43. The van der Waals surface area contributed by atoms with E-state index in [4.69, 9.17) is 26.1 Å². The summed E-state index contributed by atoms with van der Waals surface area (Å²) in [7, 11) is 0. The van der Waals surface area contributed by atoms with Gasteiger partial charge >= 0.3 is 6.03 Å². The molecule has 1 aliphatic heterocycles. The Bertz CT molecular complexity index is 1280. The van der Waals surface area contributed by atoms with Gasteiger partial charge in [0.15, 0.2) is 11.5 Å². The molecule has 1 aliphatic carbocycles. The first-order valence-corrected chi connectivity index (χ1v) is 13.1. The summed E-state index contributed by atoms with van der Waals surface area (Å²) in [6.07, 6.45) is 6.57. The minimum atomic E-state index is -0.405. The summed E-state index contributed by atoms with van der Waals surface area (Å²) in [6, 6.07) is 10.4. The standard InChI is InChI=1S/C27H35N9O/c1-3-17(2)31-24-22(15-28)32-27(36-12-10-35(11-13-36)26(29)37)34-25(24)33-23(18-8-9-18)20-14-19-6-4-5-7-21(19)30-16-20/h4-7,14-18,23,28,31H,3,8-13H2,1-2H3,(H2,29,37)(H,32,33,34)/p+1/t17-,23-/m1/s1. The van der Waals surface area contributed by atoms with E-state index in [2.05, 4.69) is 41.5 Å². The molecule has 2 aromatic heterocycles. The first kappa shape index (κ1) is 24.9. The van der Waals surface area contributed by atoms with Gasteiger partial charge in [0.2, 0.25) is 5.95 Å². The van der Waals surface area contributed by atoms with Crippen LogP contribution in [-0.4, -0.2) is 64.3 Å². The molecule has 0 radical (unpaired) electrons. The zero-order chi connectivity index (χ0) is 25.9.